The number of amides is 2. The highest BCUT2D eigenvalue weighted by Gasteiger charge is 2.32. The number of carbonyl (C=O) groups excluding carboxylic acids is 2. The number of fused-ring (bicyclic) bond motifs is 1. The minimum absolute atomic E-state index is 0.141. The predicted octanol–water partition coefficient (Wildman–Crippen LogP) is 2.70. The molecule has 1 aromatic heterocycles. The van der Waals surface area contributed by atoms with Gasteiger partial charge in [-0.05, 0) is 42.8 Å². The van der Waals surface area contributed by atoms with Crippen LogP contribution in [0.5, 0.6) is 0 Å². The number of aliphatic imine (C=N–C) groups is 1. The number of halogens is 1. The number of hydrogen-bond acceptors (Lipinski definition) is 6. The van der Waals surface area contributed by atoms with Crippen molar-refractivity contribution in [2.75, 3.05) is 18.5 Å². The van der Waals surface area contributed by atoms with E-state index in [1.54, 1.807) is 50.5 Å². The zero-order chi connectivity index (χ0) is 24.9. The highest BCUT2D eigenvalue weighted by Crippen LogP contribution is 2.26. The minimum atomic E-state index is -1.14. The Morgan fingerprint density at radius 3 is 2.54 bits per heavy atom. The maximum absolute atomic E-state index is 13.2. The summed E-state index contributed by atoms with van der Waals surface area (Å²) < 4.78 is 0. The molecule has 0 radical (unpaired) electrons. The molecule has 1 aliphatic heterocycles. The molecule has 0 saturated carbocycles. The average molecular weight is 492 g/mol. The van der Waals surface area contributed by atoms with Crippen LogP contribution in [0.3, 0.4) is 0 Å². The molecular weight excluding hydrogens is 466 g/mol. The zero-order valence-corrected chi connectivity index (χ0v) is 20.1. The highest BCUT2D eigenvalue weighted by molar-refractivity contribution is 6.30. The van der Waals surface area contributed by atoms with Gasteiger partial charge in [0.2, 0.25) is 12.1 Å². The Kier molecular flexibility index (Phi) is 7.55. The van der Waals surface area contributed by atoms with E-state index in [9.17, 15) is 14.7 Å². The number of aromatic nitrogens is 1. The molecule has 35 heavy (non-hydrogen) atoms. The van der Waals surface area contributed by atoms with Crippen molar-refractivity contribution in [3.63, 3.8) is 0 Å². The van der Waals surface area contributed by atoms with Crippen LogP contribution in [-0.2, 0) is 9.59 Å². The molecular formula is C26H26ClN5O3. The first-order chi connectivity index (χ1) is 16.8. The zero-order valence-electron chi connectivity index (χ0n) is 19.4. The molecule has 2 aromatic carbocycles. The van der Waals surface area contributed by atoms with Crippen LogP contribution in [0.1, 0.15) is 29.8 Å². The van der Waals surface area contributed by atoms with Gasteiger partial charge in [0.15, 0.2) is 0 Å². The third-order valence-corrected chi connectivity index (χ3v) is 6.05. The summed E-state index contributed by atoms with van der Waals surface area (Å²) in [4.78, 5) is 36.7. The maximum atomic E-state index is 13.2. The number of likely N-dealkylation sites (N-methyl/N-ethyl adjacent to an activating group) is 1. The lowest BCUT2D eigenvalue weighted by Gasteiger charge is -2.22. The maximum Gasteiger partial charge on any atom is 0.272 e. The summed E-state index contributed by atoms with van der Waals surface area (Å²) in [5.41, 5.74) is 3.21. The Bertz CT molecular complexity index is 1230. The van der Waals surface area contributed by atoms with E-state index in [-0.39, 0.29) is 12.5 Å². The van der Waals surface area contributed by atoms with Crippen molar-refractivity contribution >= 4 is 34.8 Å². The van der Waals surface area contributed by atoms with E-state index in [0.717, 1.165) is 5.56 Å². The molecule has 4 rings (SSSR count). The van der Waals surface area contributed by atoms with Gasteiger partial charge < -0.3 is 20.6 Å². The molecule has 0 spiro atoms. The molecule has 2 heterocycles. The van der Waals surface area contributed by atoms with Gasteiger partial charge in [0, 0.05) is 30.4 Å². The molecule has 3 aromatic rings. The van der Waals surface area contributed by atoms with E-state index in [0.29, 0.717) is 27.7 Å². The van der Waals surface area contributed by atoms with Crippen LogP contribution < -0.4 is 15.5 Å². The Morgan fingerprint density at radius 1 is 1.11 bits per heavy atom. The number of para-hydroxylation sites is 1. The van der Waals surface area contributed by atoms with E-state index in [1.807, 2.05) is 36.4 Å². The smallest absolute Gasteiger partial charge is 0.272 e. The Labute approximate surface area is 208 Å². The number of nitrogens with zero attached hydrogens (tertiary/aromatic N) is 3. The van der Waals surface area contributed by atoms with Gasteiger partial charge in [-0.25, -0.2) is 4.99 Å². The van der Waals surface area contributed by atoms with Crippen LogP contribution in [0, 0.1) is 0 Å². The lowest BCUT2D eigenvalue weighted by Crippen LogP contribution is -2.51. The lowest BCUT2D eigenvalue weighted by molar-refractivity contribution is -0.128. The van der Waals surface area contributed by atoms with Crippen LogP contribution in [0.15, 0.2) is 77.9 Å². The largest absolute Gasteiger partial charge is 0.387 e. The molecule has 2 unspecified atom stereocenters. The number of aliphatic hydroxyl groups is 1. The number of anilines is 1. The molecule has 2 amide bonds. The van der Waals surface area contributed by atoms with E-state index >= 15 is 0 Å². The molecule has 0 bridgehead atoms. The van der Waals surface area contributed by atoms with E-state index < -0.39 is 24.2 Å². The van der Waals surface area contributed by atoms with Crippen molar-refractivity contribution in [1.29, 1.82) is 0 Å². The summed E-state index contributed by atoms with van der Waals surface area (Å²) in [6.07, 6.45) is -0.304. The molecule has 8 nitrogen and oxygen atoms in total. The van der Waals surface area contributed by atoms with Crippen LogP contribution in [-0.4, -0.2) is 53.4 Å². The number of carbonyl (C=O) groups is 2. The molecule has 0 aliphatic carbocycles. The fourth-order valence-electron chi connectivity index (χ4n) is 3.77. The van der Waals surface area contributed by atoms with Gasteiger partial charge in [-0.15, -0.1) is 0 Å². The van der Waals surface area contributed by atoms with E-state index in [4.69, 9.17) is 11.6 Å². The van der Waals surface area contributed by atoms with Gasteiger partial charge in [-0.2, -0.15) is 0 Å². The van der Waals surface area contributed by atoms with Gasteiger partial charge >= 0.3 is 0 Å². The fourth-order valence-corrected chi connectivity index (χ4v) is 3.89. The van der Waals surface area contributed by atoms with Gasteiger partial charge in [0.25, 0.3) is 5.91 Å². The number of rotatable bonds is 7. The third-order valence-electron chi connectivity index (χ3n) is 5.80. The van der Waals surface area contributed by atoms with Gasteiger partial charge in [-0.1, -0.05) is 48.0 Å². The summed E-state index contributed by atoms with van der Waals surface area (Å²) in [6, 6.07) is 19.0. The van der Waals surface area contributed by atoms with Crippen LogP contribution >= 0.6 is 11.6 Å². The van der Waals surface area contributed by atoms with Crippen LogP contribution in [0.4, 0.5) is 5.69 Å². The van der Waals surface area contributed by atoms with Crippen molar-refractivity contribution in [2.24, 2.45) is 4.99 Å². The standard InChI is InChI=1S/C26H26ClN5O3/c1-16(29-15-22(33)17-10-12-18(27)13-11-17)25(34)31-24-26(35)32(2)21-9-4-3-7-19(21)23(30-24)20-8-5-6-14-28-20/h3-14,16,22,24,29,33H,15H2,1-2H3,(H,31,34)/t16-,22?,24?/m0/s1. The highest BCUT2D eigenvalue weighted by atomic mass is 35.5. The summed E-state index contributed by atoms with van der Waals surface area (Å²) in [6.45, 7) is 1.80. The summed E-state index contributed by atoms with van der Waals surface area (Å²) in [7, 11) is 1.65. The molecule has 180 valence electrons. The van der Waals surface area contributed by atoms with Crippen molar-refractivity contribution in [3.05, 3.63) is 94.8 Å². The Balaban J connectivity index is 1.51. The number of nitrogens with one attached hydrogen (secondary N) is 2. The van der Waals surface area contributed by atoms with Crippen LogP contribution in [0.2, 0.25) is 5.02 Å². The third kappa shape index (κ3) is 5.57. The summed E-state index contributed by atoms with van der Waals surface area (Å²) in [5.74, 6) is -0.791. The Hall–Kier alpha value is -3.59. The number of hydrogen-bond donors (Lipinski definition) is 3. The van der Waals surface area contributed by atoms with Crippen molar-refractivity contribution in [1.82, 2.24) is 15.6 Å². The van der Waals surface area contributed by atoms with Gasteiger partial charge in [0.05, 0.1) is 29.2 Å². The molecule has 3 atom stereocenters. The van der Waals surface area contributed by atoms with Crippen molar-refractivity contribution in [2.45, 2.75) is 25.2 Å². The number of benzene rings is 2. The monoisotopic (exact) mass is 491 g/mol. The minimum Gasteiger partial charge on any atom is -0.387 e. The van der Waals surface area contributed by atoms with E-state index in [1.165, 1.54) is 4.90 Å². The quantitative estimate of drug-likeness (QED) is 0.471. The first kappa shape index (κ1) is 24.5. The fraction of sp³-hybridized carbons (Fsp3) is 0.231. The van der Waals surface area contributed by atoms with Crippen LogP contribution in [0.25, 0.3) is 0 Å². The number of aliphatic hydroxyl groups excluding tert-OH is 1. The number of benzodiazepines with no additional fused rings is 1. The molecule has 0 saturated heterocycles. The first-order valence-electron chi connectivity index (χ1n) is 11.2. The summed E-state index contributed by atoms with van der Waals surface area (Å²) >= 11 is 5.90. The van der Waals surface area contributed by atoms with Crippen molar-refractivity contribution < 1.29 is 14.7 Å². The second-order valence-electron chi connectivity index (χ2n) is 8.22. The predicted molar refractivity (Wildman–Crippen MR) is 136 cm³/mol. The molecule has 3 N–H and O–H groups in total. The summed E-state index contributed by atoms with van der Waals surface area (Å²) in [5, 5.41) is 16.7. The topological polar surface area (TPSA) is 107 Å². The van der Waals surface area contributed by atoms with Gasteiger partial charge in [-0.3, -0.25) is 14.6 Å². The van der Waals surface area contributed by atoms with Crippen molar-refractivity contribution in [3.8, 4) is 0 Å². The Morgan fingerprint density at radius 2 is 1.83 bits per heavy atom. The van der Waals surface area contributed by atoms with E-state index in [2.05, 4.69) is 20.6 Å². The first-order valence-corrected chi connectivity index (χ1v) is 11.6. The number of pyridine rings is 1. The second kappa shape index (κ2) is 10.8. The van der Waals surface area contributed by atoms with Gasteiger partial charge in [0.1, 0.15) is 0 Å². The lowest BCUT2D eigenvalue weighted by atomic mass is 10.0. The second-order valence-corrected chi connectivity index (χ2v) is 8.65. The average Bonchev–Trinajstić information content (AvgIpc) is 2.98. The molecule has 9 heteroatoms. The normalized spacial score (nSPS) is 17.1. The SMILES string of the molecule is C[C@H](NCC(O)c1ccc(Cl)cc1)C(=O)NC1N=C(c2ccccn2)c2ccccc2N(C)C1=O. The molecule has 1 aliphatic rings. The molecule has 0 fully saturated rings.